The predicted octanol–water partition coefficient (Wildman–Crippen LogP) is 0.683. The Morgan fingerprint density at radius 3 is 2.43 bits per heavy atom. The Bertz CT molecular complexity index is 312. The Balaban J connectivity index is 2.67. The lowest BCUT2D eigenvalue weighted by Crippen LogP contribution is -2.32. The van der Waals surface area contributed by atoms with Gasteiger partial charge < -0.3 is 15.5 Å². The third-order valence-electron chi connectivity index (χ3n) is 1.67. The van der Waals surface area contributed by atoms with Crippen molar-refractivity contribution < 1.29 is 19.4 Å². The maximum Gasteiger partial charge on any atom is 0.328 e. The number of anilines is 1. The first-order valence-electron chi connectivity index (χ1n) is 3.99. The van der Waals surface area contributed by atoms with Crippen molar-refractivity contribution >= 4 is 11.7 Å². The molecule has 1 aromatic carbocycles. The minimum absolute atomic E-state index is 0.397. The van der Waals surface area contributed by atoms with Crippen molar-refractivity contribution in [3.05, 3.63) is 30.1 Å². The van der Waals surface area contributed by atoms with Gasteiger partial charge in [-0.1, -0.05) is 0 Å². The van der Waals surface area contributed by atoms with Crippen molar-refractivity contribution in [1.82, 2.24) is 0 Å². The van der Waals surface area contributed by atoms with Crippen LogP contribution in [-0.4, -0.2) is 28.8 Å². The van der Waals surface area contributed by atoms with Crippen LogP contribution in [0.4, 0.5) is 10.1 Å². The summed E-state index contributed by atoms with van der Waals surface area (Å²) in [6.07, 6.45) is 0. The van der Waals surface area contributed by atoms with Crippen molar-refractivity contribution in [3.8, 4) is 0 Å². The van der Waals surface area contributed by atoms with Crippen LogP contribution in [0.15, 0.2) is 24.3 Å². The minimum atomic E-state index is -1.16. The van der Waals surface area contributed by atoms with Crippen LogP contribution in [0.1, 0.15) is 0 Å². The van der Waals surface area contributed by atoms with Gasteiger partial charge in [-0.15, -0.1) is 0 Å². The predicted molar refractivity (Wildman–Crippen MR) is 48.5 cm³/mol. The van der Waals surface area contributed by atoms with Crippen LogP contribution in [0.2, 0.25) is 0 Å². The largest absolute Gasteiger partial charge is 0.480 e. The zero-order valence-electron chi connectivity index (χ0n) is 7.27. The van der Waals surface area contributed by atoms with Gasteiger partial charge in [-0.2, -0.15) is 0 Å². The van der Waals surface area contributed by atoms with E-state index < -0.39 is 24.4 Å². The van der Waals surface area contributed by atoms with Gasteiger partial charge >= 0.3 is 5.97 Å². The van der Waals surface area contributed by atoms with Crippen LogP contribution in [0.5, 0.6) is 0 Å². The lowest BCUT2D eigenvalue weighted by Gasteiger charge is -2.12. The molecule has 76 valence electrons. The zero-order valence-corrected chi connectivity index (χ0v) is 7.27. The fraction of sp³-hybridized carbons (Fsp3) is 0.222. The minimum Gasteiger partial charge on any atom is -0.480 e. The summed E-state index contributed by atoms with van der Waals surface area (Å²) in [5, 5.41) is 19.8. The first kappa shape index (κ1) is 10.5. The molecule has 14 heavy (non-hydrogen) atoms. The van der Waals surface area contributed by atoms with E-state index in [1.807, 2.05) is 0 Å². The van der Waals surface area contributed by atoms with Crippen molar-refractivity contribution in [2.24, 2.45) is 0 Å². The van der Waals surface area contributed by atoms with Crippen LogP contribution in [0.3, 0.4) is 0 Å². The third-order valence-corrected chi connectivity index (χ3v) is 1.67. The van der Waals surface area contributed by atoms with E-state index in [4.69, 9.17) is 10.2 Å². The molecule has 1 aromatic rings. The molecule has 0 aromatic heterocycles. The summed E-state index contributed by atoms with van der Waals surface area (Å²) in [5.74, 6) is -1.55. The standard InChI is InChI=1S/C9H10FNO3/c10-6-1-3-7(4-2-6)11-8(5-12)9(13)14/h1-4,8,11-12H,5H2,(H,13,14). The van der Waals surface area contributed by atoms with E-state index in [0.29, 0.717) is 5.69 Å². The molecular formula is C9H10FNO3. The van der Waals surface area contributed by atoms with Crippen LogP contribution < -0.4 is 5.32 Å². The van der Waals surface area contributed by atoms with E-state index in [-0.39, 0.29) is 0 Å². The summed E-state index contributed by atoms with van der Waals surface area (Å²) < 4.78 is 12.5. The molecule has 0 aliphatic rings. The normalized spacial score (nSPS) is 12.1. The maximum absolute atomic E-state index is 12.5. The summed E-state index contributed by atoms with van der Waals surface area (Å²) in [7, 11) is 0. The van der Waals surface area contributed by atoms with Gasteiger partial charge in [-0.25, -0.2) is 9.18 Å². The van der Waals surface area contributed by atoms with Gasteiger partial charge in [0, 0.05) is 5.69 Å². The van der Waals surface area contributed by atoms with E-state index in [9.17, 15) is 9.18 Å². The van der Waals surface area contributed by atoms with E-state index in [0.717, 1.165) is 0 Å². The summed E-state index contributed by atoms with van der Waals surface area (Å²) in [5.41, 5.74) is 0.452. The lowest BCUT2D eigenvalue weighted by atomic mass is 10.2. The van der Waals surface area contributed by atoms with E-state index in [2.05, 4.69) is 5.32 Å². The fourth-order valence-corrected chi connectivity index (χ4v) is 0.933. The average molecular weight is 199 g/mol. The molecule has 0 aliphatic heterocycles. The van der Waals surface area contributed by atoms with E-state index in [1.54, 1.807) is 0 Å². The first-order valence-corrected chi connectivity index (χ1v) is 3.99. The molecule has 0 fully saturated rings. The average Bonchev–Trinajstić information content (AvgIpc) is 2.16. The maximum atomic E-state index is 12.5. The number of nitrogens with one attached hydrogen (secondary N) is 1. The smallest absolute Gasteiger partial charge is 0.328 e. The van der Waals surface area contributed by atoms with Crippen LogP contribution >= 0.6 is 0 Å². The van der Waals surface area contributed by atoms with E-state index in [1.165, 1.54) is 24.3 Å². The molecule has 0 radical (unpaired) electrons. The number of halogens is 1. The molecule has 0 amide bonds. The topological polar surface area (TPSA) is 69.6 Å². The second-order valence-corrected chi connectivity index (χ2v) is 2.72. The monoisotopic (exact) mass is 199 g/mol. The highest BCUT2D eigenvalue weighted by molar-refractivity contribution is 5.77. The van der Waals surface area contributed by atoms with Crippen molar-refractivity contribution in [3.63, 3.8) is 0 Å². The Hall–Kier alpha value is -1.62. The van der Waals surface area contributed by atoms with Gasteiger partial charge in [0.25, 0.3) is 0 Å². The van der Waals surface area contributed by atoms with Crippen molar-refractivity contribution in [1.29, 1.82) is 0 Å². The number of hydrogen-bond donors (Lipinski definition) is 3. The van der Waals surface area contributed by atoms with Gasteiger partial charge in [0.1, 0.15) is 11.9 Å². The second-order valence-electron chi connectivity index (χ2n) is 2.72. The molecule has 4 nitrogen and oxygen atoms in total. The van der Waals surface area contributed by atoms with Gasteiger partial charge in [0.15, 0.2) is 0 Å². The van der Waals surface area contributed by atoms with Crippen molar-refractivity contribution in [2.75, 3.05) is 11.9 Å². The molecule has 0 saturated carbocycles. The number of benzene rings is 1. The number of carboxylic acids is 1. The number of hydrogen-bond acceptors (Lipinski definition) is 3. The van der Waals surface area contributed by atoms with Gasteiger partial charge in [0.2, 0.25) is 0 Å². The summed E-state index contributed by atoms with van der Waals surface area (Å²) in [6.45, 7) is -0.521. The quantitative estimate of drug-likeness (QED) is 0.667. The Morgan fingerprint density at radius 1 is 1.43 bits per heavy atom. The zero-order chi connectivity index (χ0) is 10.6. The van der Waals surface area contributed by atoms with Gasteiger partial charge in [-0.05, 0) is 24.3 Å². The number of rotatable bonds is 4. The molecule has 0 saturated heterocycles. The number of carbonyl (C=O) groups is 1. The Labute approximate surface area is 80.0 Å². The molecule has 1 atom stereocenters. The van der Waals surface area contributed by atoms with Gasteiger partial charge in [0.05, 0.1) is 6.61 Å². The van der Waals surface area contributed by atoms with Crippen molar-refractivity contribution in [2.45, 2.75) is 6.04 Å². The highest BCUT2D eigenvalue weighted by atomic mass is 19.1. The molecule has 0 heterocycles. The molecule has 5 heteroatoms. The second kappa shape index (κ2) is 4.57. The summed E-state index contributed by atoms with van der Waals surface area (Å²) in [6, 6.07) is 4.15. The van der Waals surface area contributed by atoms with Crippen LogP contribution in [0.25, 0.3) is 0 Å². The lowest BCUT2D eigenvalue weighted by molar-refractivity contribution is -0.138. The third kappa shape index (κ3) is 2.70. The van der Waals surface area contributed by atoms with Crippen LogP contribution in [0, 0.1) is 5.82 Å². The number of aliphatic hydroxyl groups excluding tert-OH is 1. The van der Waals surface area contributed by atoms with Gasteiger partial charge in [-0.3, -0.25) is 0 Å². The highest BCUT2D eigenvalue weighted by Gasteiger charge is 2.15. The molecule has 1 unspecified atom stereocenters. The Kier molecular flexibility index (Phi) is 3.41. The summed E-state index contributed by atoms with van der Waals surface area (Å²) in [4.78, 5) is 10.5. The number of aliphatic carboxylic acids is 1. The highest BCUT2D eigenvalue weighted by Crippen LogP contribution is 2.09. The Morgan fingerprint density at radius 2 is 2.00 bits per heavy atom. The molecule has 1 rings (SSSR count). The number of carboxylic acid groups (broad SMARTS) is 1. The molecule has 3 N–H and O–H groups in total. The molecule has 0 aliphatic carbocycles. The molecule has 0 bridgehead atoms. The molecule has 0 spiro atoms. The van der Waals surface area contributed by atoms with Crippen LogP contribution in [-0.2, 0) is 4.79 Å². The summed E-state index contributed by atoms with van der Waals surface area (Å²) >= 11 is 0. The molecular weight excluding hydrogens is 189 g/mol. The van der Waals surface area contributed by atoms with E-state index >= 15 is 0 Å². The first-order chi connectivity index (χ1) is 6.63. The fourth-order valence-electron chi connectivity index (χ4n) is 0.933. The number of aliphatic hydroxyl groups is 1. The SMILES string of the molecule is O=C(O)C(CO)Nc1ccc(F)cc1.